The molecule has 4 rings (SSSR count). The van der Waals surface area contributed by atoms with Gasteiger partial charge in [-0.15, -0.1) is 0 Å². The van der Waals surface area contributed by atoms with Crippen molar-refractivity contribution in [2.24, 2.45) is 4.99 Å². The molecule has 0 radical (unpaired) electrons. The van der Waals surface area contributed by atoms with Crippen LogP contribution < -0.4 is 15.4 Å². The number of H-pyrrole nitrogens is 1. The molecule has 0 aliphatic rings. The lowest BCUT2D eigenvalue weighted by Gasteiger charge is -2.15. The minimum atomic E-state index is -0.588. The fourth-order valence-corrected chi connectivity index (χ4v) is 3.71. The third kappa shape index (κ3) is 5.55. The monoisotopic (exact) mass is 478 g/mol. The maximum atomic E-state index is 13.5. The number of ether oxygens (including phenoxy) is 1. The molecule has 6 nitrogen and oxygen atoms in total. The highest BCUT2D eigenvalue weighted by molar-refractivity contribution is 6.31. The van der Waals surface area contributed by atoms with Gasteiger partial charge in [-0.3, -0.25) is 15.1 Å². The summed E-state index contributed by atoms with van der Waals surface area (Å²) < 4.78 is 19.2. The lowest BCUT2D eigenvalue weighted by molar-refractivity contribution is 0.0977. The molecule has 174 valence electrons. The number of benzene rings is 3. The fourth-order valence-electron chi connectivity index (χ4n) is 3.53. The number of nitrogens with one attached hydrogen (secondary N) is 3. The van der Waals surface area contributed by atoms with E-state index >= 15 is 0 Å². The first-order valence-corrected chi connectivity index (χ1v) is 11.3. The summed E-state index contributed by atoms with van der Waals surface area (Å²) in [5.74, 6) is -0.172. The Morgan fingerprint density at radius 2 is 1.91 bits per heavy atom. The Labute approximate surface area is 201 Å². The highest BCUT2D eigenvalue weighted by atomic mass is 35.5. The van der Waals surface area contributed by atoms with Gasteiger partial charge in [-0.25, -0.2) is 4.39 Å². The number of carbonyl (C=O) groups is 1. The van der Waals surface area contributed by atoms with E-state index in [1.165, 1.54) is 12.1 Å². The summed E-state index contributed by atoms with van der Waals surface area (Å²) >= 11 is 5.85. The van der Waals surface area contributed by atoms with Crippen LogP contribution in [0.1, 0.15) is 22.8 Å². The molecule has 1 heterocycles. The van der Waals surface area contributed by atoms with Crippen molar-refractivity contribution in [1.82, 2.24) is 10.3 Å². The quantitative estimate of drug-likeness (QED) is 0.232. The molecule has 4 aromatic rings. The molecule has 0 spiro atoms. The number of carbonyl (C=O) groups excluding carboxylic acids is 1. The van der Waals surface area contributed by atoms with E-state index in [4.69, 9.17) is 16.3 Å². The van der Waals surface area contributed by atoms with Crippen LogP contribution in [0.3, 0.4) is 0 Å². The molecule has 0 aliphatic heterocycles. The van der Waals surface area contributed by atoms with E-state index in [1.54, 1.807) is 0 Å². The highest BCUT2D eigenvalue weighted by Crippen LogP contribution is 2.24. The number of hydrogen-bond acceptors (Lipinski definition) is 3. The fraction of sp³-hybridized carbons (Fsp3) is 0.154. The summed E-state index contributed by atoms with van der Waals surface area (Å²) in [7, 11) is 0. The molecule has 0 saturated heterocycles. The first-order valence-electron chi connectivity index (χ1n) is 10.9. The second-order valence-corrected chi connectivity index (χ2v) is 7.88. The van der Waals surface area contributed by atoms with Crippen LogP contribution >= 0.6 is 11.6 Å². The topological polar surface area (TPSA) is 78.5 Å². The van der Waals surface area contributed by atoms with E-state index in [1.807, 2.05) is 55.6 Å². The van der Waals surface area contributed by atoms with Crippen molar-refractivity contribution >= 4 is 40.1 Å². The molecule has 8 heteroatoms. The molecule has 1 aromatic heterocycles. The second kappa shape index (κ2) is 10.9. The van der Waals surface area contributed by atoms with Crippen LogP contribution in [-0.4, -0.2) is 30.0 Å². The number of anilines is 1. The van der Waals surface area contributed by atoms with E-state index in [9.17, 15) is 9.18 Å². The van der Waals surface area contributed by atoms with Crippen molar-refractivity contribution in [1.29, 1.82) is 0 Å². The number of para-hydroxylation sites is 3. The van der Waals surface area contributed by atoms with Gasteiger partial charge < -0.3 is 15.0 Å². The van der Waals surface area contributed by atoms with Crippen LogP contribution in [-0.2, 0) is 6.42 Å². The van der Waals surface area contributed by atoms with Gasteiger partial charge >= 0.3 is 0 Å². The average Bonchev–Trinajstić information content (AvgIpc) is 3.25. The lowest BCUT2D eigenvalue weighted by atomic mass is 10.1. The highest BCUT2D eigenvalue weighted by Gasteiger charge is 2.13. The maximum absolute atomic E-state index is 13.5. The van der Waals surface area contributed by atoms with Crippen molar-refractivity contribution in [3.05, 3.63) is 94.9 Å². The number of nitrogens with zero attached hydrogens (tertiary/aromatic N) is 1. The SMILES string of the molecule is CCOc1ccccc1NC(=NCCc1c[nH]c2ccccc12)NC(=O)c1ccc(F)c(Cl)c1. The smallest absolute Gasteiger partial charge is 0.258 e. The van der Waals surface area contributed by atoms with E-state index in [-0.39, 0.29) is 16.5 Å². The van der Waals surface area contributed by atoms with Crippen molar-refractivity contribution in [2.75, 3.05) is 18.5 Å². The van der Waals surface area contributed by atoms with Crippen LogP contribution in [0.15, 0.2) is 77.9 Å². The second-order valence-electron chi connectivity index (χ2n) is 7.48. The normalized spacial score (nSPS) is 11.4. The number of guanidine groups is 1. The number of amides is 1. The van der Waals surface area contributed by atoms with Gasteiger partial charge in [0.2, 0.25) is 5.96 Å². The lowest BCUT2D eigenvalue weighted by Crippen LogP contribution is -2.36. The largest absolute Gasteiger partial charge is 0.492 e. The van der Waals surface area contributed by atoms with Crippen molar-refractivity contribution in [3.8, 4) is 5.75 Å². The molecule has 0 atom stereocenters. The van der Waals surface area contributed by atoms with E-state index < -0.39 is 11.7 Å². The molecule has 0 saturated carbocycles. The summed E-state index contributed by atoms with van der Waals surface area (Å²) in [4.78, 5) is 20.7. The molecule has 3 N–H and O–H groups in total. The van der Waals surface area contributed by atoms with Gasteiger partial charge in [0.05, 0.1) is 17.3 Å². The number of halogens is 2. The zero-order valence-corrected chi connectivity index (χ0v) is 19.3. The third-order valence-corrected chi connectivity index (χ3v) is 5.47. The minimum Gasteiger partial charge on any atom is -0.492 e. The van der Waals surface area contributed by atoms with Gasteiger partial charge in [0, 0.05) is 29.2 Å². The van der Waals surface area contributed by atoms with Crippen molar-refractivity contribution < 1.29 is 13.9 Å². The maximum Gasteiger partial charge on any atom is 0.258 e. The van der Waals surface area contributed by atoms with Crippen LogP contribution in [0.25, 0.3) is 10.9 Å². The molecule has 3 aromatic carbocycles. The molecular formula is C26H24ClFN4O2. The van der Waals surface area contributed by atoms with Crippen LogP contribution in [0, 0.1) is 5.82 Å². The molecule has 0 aliphatic carbocycles. The van der Waals surface area contributed by atoms with Crippen molar-refractivity contribution in [3.63, 3.8) is 0 Å². The number of fused-ring (bicyclic) bond motifs is 1. The van der Waals surface area contributed by atoms with E-state index in [0.29, 0.717) is 31.0 Å². The Kier molecular flexibility index (Phi) is 7.44. The molecule has 0 unspecified atom stereocenters. The molecule has 34 heavy (non-hydrogen) atoms. The van der Waals surface area contributed by atoms with Gasteiger partial charge in [-0.1, -0.05) is 41.9 Å². The third-order valence-electron chi connectivity index (χ3n) is 5.18. The standard InChI is InChI=1S/C26H24ClFN4O2/c1-2-34-24-10-6-5-9-23(24)31-26(32-25(33)17-11-12-21(28)20(27)15-17)29-14-13-18-16-30-22-8-4-3-7-19(18)22/h3-12,15-16,30H,2,13-14H2,1H3,(H2,29,31,32,33). The average molecular weight is 479 g/mol. The summed E-state index contributed by atoms with van der Waals surface area (Å²) in [6.07, 6.45) is 2.64. The Balaban J connectivity index is 1.56. The zero-order chi connectivity index (χ0) is 23.9. The van der Waals surface area contributed by atoms with Gasteiger partial charge in [-0.2, -0.15) is 0 Å². The Bertz CT molecular complexity index is 1340. The summed E-state index contributed by atoms with van der Waals surface area (Å²) in [6, 6.07) is 19.2. The number of aromatic amines is 1. The van der Waals surface area contributed by atoms with Gasteiger partial charge in [0.25, 0.3) is 5.91 Å². The number of aromatic nitrogens is 1. The number of hydrogen-bond donors (Lipinski definition) is 3. The number of rotatable bonds is 7. The first kappa shape index (κ1) is 23.3. The van der Waals surface area contributed by atoms with E-state index in [2.05, 4.69) is 26.7 Å². The van der Waals surface area contributed by atoms with Crippen LogP contribution in [0.2, 0.25) is 5.02 Å². The summed E-state index contributed by atoms with van der Waals surface area (Å²) in [5.41, 5.74) is 3.07. The van der Waals surface area contributed by atoms with Gasteiger partial charge in [-0.05, 0) is 55.3 Å². The predicted molar refractivity (Wildman–Crippen MR) is 134 cm³/mol. The van der Waals surface area contributed by atoms with Crippen molar-refractivity contribution in [2.45, 2.75) is 13.3 Å². The molecular weight excluding hydrogens is 455 g/mol. The Morgan fingerprint density at radius 3 is 2.74 bits per heavy atom. The van der Waals surface area contributed by atoms with Crippen LogP contribution in [0.5, 0.6) is 5.75 Å². The van der Waals surface area contributed by atoms with E-state index in [0.717, 1.165) is 22.5 Å². The number of aliphatic imine (C=N–C) groups is 1. The molecule has 0 fully saturated rings. The van der Waals surface area contributed by atoms with Gasteiger partial charge in [0.1, 0.15) is 11.6 Å². The Morgan fingerprint density at radius 1 is 1.12 bits per heavy atom. The summed E-state index contributed by atoms with van der Waals surface area (Å²) in [6.45, 7) is 2.81. The predicted octanol–water partition coefficient (Wildman–Crippen LogP) is 5.80. The molecule has 1 amide bonds. The summed E-state index contributed by atoms with van der Waals surface area (Å²) in [5, 5.41) is 6.94. The zero-order valence-electron chi connectivity index (χ0n) is 18.6. The minimum absolute atomic E-state index is 0.125. The first-order chi connectivity index (χ1) is 16.5. The van der Waals surface area contributed by atoms with Gasteiger partial charge in [0.15, 0.2) is 0 Å². The molecule has 0 bridgehead atoms. The van der Waals surface area contributed by atoms with Crippen LogP contribution in [0.4, 0.5) is 10.1 Å². The Hall–Kier alpha value is -3.84.